The first kappa shape index (κ1) is 11.4. The third kappa shape index (κ3) is 2.93. The van der Waals surface area contributed by atoms with Crippen LogP contribution < -0.4 is 10.6 Å². The third-order valence-corrected chi connectivity index (χ3v) is 3.07. The molecule has 0 aromatic heterocycles. The molecule has 1 aromatic rings. The minimum Gasteiger partial charge on any atom is -0.346 e. The first-order valence-electron chi connectivity index (χ1n) is 5.59. The van der Waals surface area contributed by atoms with E-state index in [0.29, 0.717) is 0 Å². The Labute approximate surface area is 102 Å². The molecule has 1 aliphatic rings. The summed E-state index contributed by atoms with van der Waals surface area (Å²) in [4.78, 5) is 2.20. The van der Waals surface area contributed by atoms with Crippen LogP contribution in [0.25, 0.3) is 0 Å². The van der Waals surface area contributed by atoms with Crippen molar-refractivity contribution in [3.05, 3.63) is 29.8 Å². The van der Waals surface area contributed by atoms with Crippen molar-refractivity contribution in [2.24, 2.45) is 0 Å². The van der Waals surface area contributed by atoms with E-state index < -0.39 is 0 Å². The topological polar surface area (TPSA) is 27.3 Å². The molecule has 1 saturated heterocycles. The summed E-state index contributed by atoms with van der Waals surface area (Å²) in [6.45, 7) is 6.07. The summed E-state index contributed by atoms with van der Waals surface area (Å²) in [7, 11) is 0. The van der Waals surface area contributed by atoms with Gasteiger partial charge in [0.1, 0.15) is 0 Å². The molecule has 0 aliphatic carbocycles. The molecule has 1 fully saturated rings. The Bertz CT molecular complexity index is 355. The van der Waals surface area contributed by atoms with Gasteiger partial charge in [0, 0.05) is 31.9 Å². The molecule has 86 valence electrons. The average molecular weight is 235 g/mol. The SMILES string of the molecule is Cc1ccc(NC(=S)N2CCNCC2)cc1. The summed E-state index contributed by atoms with van der Waals surface area (Å²) >= 11 is 5.38. The van der Waals surface area contributed by atoms with Crippen LogP contribution in [0.4, 0.5) is 5.69 Å². The van der Waals surface area contributed by atoms with Crippen LogP contribution in [0.3, 0.4) is 0 Å². The molecule has 0 saturated carbocycles. The predicted molar refractivity (Wildman–Crippen MR) is 71.8 cm³/mol. The lowest BCUT2D eigenvalue weighted by Gasteiger charge is -2.29. The van der Waals surface area contributed by atoms with Gasteiger partial charge in [-0.25, -0.2) is 0 Å². The number of anilines is 1. The second-order valence-corrected chi connectivity index (χ2v) is 4.42. The zero-order chi connectivity index (χ0) is 11.4. The summed E-state index contributed by atoms with van der Waals surface area (Å²) in [6, 6.07) is 8.29. The van der Waals surface area contributed by atoms with Gasteiger partial charge in [0.15, 0.2) is 5.11 Å². The van der Waals surface area contributed by atoms with Crippen molar-refractivity contribution >= 4 is 23.0 Å². The summed E-state index contributed by atoms with van der Waals surface area (Å²) in [5, 5.41) is 7.40. The van der Waals surface area contributed by atoms with Crippen molar-refractivity contribution in [2.75, 3.05) is 31.5 Å². The van der Waals surface area contributed by atoms with Crippen molar-refractivity contribution in [2.45, 2.75) is 6.92 Å². The highest BCUT2D eigenvalue weighted by molar-refractivity contribution is 7.80. The van der Waals surface area contributed by atoms with Crippen LogP contribution in [0, 0.1) is 6.92 Å². The van der Waals surface area contributed by atoms with Crippen LogP contribution in [0.5, 0.6) is 0 Å². The van der Waals surface area contributed by atoms with E-state index in [2.05, 4.69) is 46.7 Å². The van der Waals surface area contributed by atoms with Gasteiger partial charge in [-0.2, -0.15) is 0 Å². The van der Waals surface area contributed by atoms with Gasteiger partial charge in [0.25, 0.3) is 0 Å². The second-order valence-electron chi connectivity index (χ2n) is 4.03. The Morgan fingerprint density at radius 3 is 2.50 bits per heavy atom. The third-order valence-electron chi connectivity index (χ3n) is 2.71. The van der Waals surface area contributed by atoms with E-state index in [1.165, 1.54) is 5.56 Å². The molecule has 0 atom stereocenters. The maximum Gasteiger partial charge on any atom is 0.173 e. The number of hydrogen-bond donors (Lipinski definition) is 2. The van der Waals surface area contributed by atoms with Crippen LogP contribution in [0.15, 0.2) is 24.3 Å². The number of thiocarbonyl (C=S) groups is 1. The van der Waals surface area contributed by atoms with Gasteiger partial charge in [0.05, 0.1) is 0 Å². The van der Waals surface area contributed by atoms with E-state index in [1.54, 1.807) is 0 Å². The number of benzene rings is 1. The van der Waals surface area contributed by atoms with Gasteiger partial charge < -0.3 is 15.5 Å². The Balaban J connectivity index is 1.93. The lowest BCUT2D eigenvalue weighted by Crippen LogP contribution is -2.47. The van der Waals surface area contributed by atoms with Crippen molar-refractivity contribution in [3.63, 3.8) is 0 Å². The van der Waals surface area contributed by atoms with Gasteiger partial charge >= 0.3 is 0 Å². The molecule has 0 spiro atoms. The van der Waals surface area contributed by atoms with E-state index in [9.17, 15) is 0 Å². The zero-order valence-corrected chi connectivity index (χ0v) is 10.3. The standard InChI is InChI=1S/C12H17N3S/c1-10-2-4-11(5-3-10)14-12(16)15-8-6-13-7-9-15/h2-5,13H,6-9H2,1H3,(H,14,16). The fraction of sp³-hybridized carbons (Fsp3) is 0.417. The van der Waals surface area contributed by atoms with Crippen LogP contribution >= 0.6 is 12.2 Å². The maximum absolute atomic E-state index is 5.38. The fourth-order valence-corrected chi connectivity index (χ4v) is 2.01. The molecule has 3 nitrogen and oxygen atoms in total. The minimum atomic E-state index is 0.824. The first-order chi connectivity index (χ1) is 7.75. The van der Waals surface area contributed by atoms with E-state index in [1.807, 2.05) is 0 Å². The Morgan fingerprint density at radius 1 is 1.25 bits per heavy atom. The Hall–Kier alpha value is -1.13. The number of nitrogens with one attached hydrogen (secondary N) is 2. The summed E-state index contributed by atoms with van der Waals surface area (Å²) in [5.74, 6) is 0. The number of nitrogens with zero attached hydrogens (tertiary/aromatic N) is 1. The van der Waals surface area contributed by atoms with Crippen molar-refractivity contribution in [3.8, 4) is 0 Å². The number of piperazine rings is 1. The van der Waals surface area contributed by atoms with Crippen LogP contribution in [0.2, 0.25) is 0 Å². The molecular weight excluding hydrogens is 218 g/mol. The highest BCUT2D eigenvalue weighted by Gasteiger charge is 2.12. The highest BCUT2D eigenvalue weighted by atomic mass is 32.1. The van der Waals surface area contributed by atoms with Gasteiger partial charge in [0.2, 0.25) is 0 Å². The number of rotatable bonds is 1. The lowest BCUT2D eigenvalue weighted by molar-refractivity contribution is 0.362. The van der Waals surface area contributed by atoms with E-state index in [-0.39, 0.29) is 0 Å². The van der Waals surface area contributed by atoms with Crippen molar-refractivity contribution < 1.29 is 0 Å². The predicted octanol–water partition coefficient (Wildman–Crippen LogP) is 1.60. The molecule has 2 N–H and O–H groups in total. The fourth-order valence-electron chi connectivity index (χ4n) is 1.71. The van der Waals surface area contributed by atoms with Crippen LogP contribution in [0.1, 0.15) is 5.56 Å². The van der Waals surface area contributed by atoms with Crippen molar-refractivity contribution in [1.29, 1.82) is 0 Å². The molecule has 1 heterocycles. The maximum atomic E-state index is 5.38. The molecule has 1 aliphatic heterocycles. The molecule has 2 rings (SSSR count). The second kappa shape index (κ2) is 5.27. The monoisotopic (exact) mass is 235 g/mol. The molecule has 0 radical (unpaired) electrons. The van der Waals surface area contributed by atoms with E-state index in [0.717, 1.165) is 37.0 Å². The van der Waals surface area contributed by atoms with Crippen LogP contribution in [-0.4, -0.2) is 36.2 Å². The molecule has 0 amide bonds. The molecule has 0 bridgehead atoms. The van der Waals surface area contributed by atoms with Gasteiger partial charge in [-0.1, -0.05) is 17.7 Å². The largest absolute Gasteiger partial charge is 0.346 e. The Morgan fingerprint density at radius 2 is 1.88 bits per heavy atom. The van der Waals surface area contributed by atoms with E-state index in [4.69, 9.17) is 12.2 Å². The molecule has 4 heteroatoms. The smallest absolute Gasteiger partial charge is 0.173 e. The highest BCUT2D eigenvalue weighted by Crippen LogP contribution is 2.09. The van der Waals surface area contributed by atoms with E-state index >= 15 is 0 Å². The first-order valence-corrected chi connectivity index (χ1v) is 6.00. The molecular formula is C12H17N3S. The van der Waals surface area contributed by atoms with Gasteiger partial charge in [-0.05, 0) is 31.3 Å². The summed E-state index contributed by atoms with van der Waals surface area (Å²) in [5.41, 5.74) is 2.33. The van der Waals surface area contributed by atoms with Gasteiger partial charge in [-0.3, -0.25) is 0 Å². The summed E-state index contributed by atoms with van der Waals surface area (Å²) < 4.78 is 0. The average Bonchev–Trinajstić information content (AvgIpc) is 2.33. The van der Waals surface area contributed by atoms with Crippen molar-refractivity contribution in [1.82, 2.24) is 10.2 Å². The zero-order valence-electron chi connectivity index (χ0n) is 9.49. The van der Waals surface area contributed by atoms with Crippen LogP contribution in [-0.2, 0) is 0 Å². The quantitative estimate of drug-likeness (QED) is 0.723. The lowest BCUT2D eigenvalue weighted by atomic mass is 10.2. The molecule has 16 heavy (non-hydrogen) atoms. The normalized spacial score (nSPS) is 15.9. The molecule has 1 aromatic carbocycles. The Kier molecular flexibility index (Phi) is 3.74. The molecule has 0 unspecified atom stereocenters. The summed E-state index contributed by atoms with van der Waals surface area (Å²) in [6.07, 6.45) is 0. The number of hydrogen-bond acceptors (Lipinski definition) is 2. The number of aryl methyl sites for hydroxylation is 1. The van der Waals surface area contributed by atoms with Gasteiger partial charge in [-0.15, -0.1) is 0 Å². The minimum absolute atomic E-state index is 0.824.